The van der Waals surface area contributed by atoms with Crippen LogP contribution in [0.2, 0.25) is 0 Å². The average Bonchev–Trinajstić information content (AvgIpc) is 2.29. The van der Waals surface area contributed by atoms with Gasteiger partial charge in [0.1, 0.15) is 12.2 Å². The summed E-state index contributed by atoms with van der Waals surface area (Å²) in [6.45, 7) is -0.138. The highest BCUT2D eigenvalue weighted by Gasteiger charge is 2.35. The predicted molar refractivity (Wildman–Crippen MR) is 54.5 cm³/mol. The zero-order valence-electron chi connectivity index (χ0n) is 9.64. The van der Waals surface area contributed by atoms with Crippen LogP contribution in [-0.2, 0) is 11.4 Å². The lowest BCUT2D eigenvalue weighted by molar-refractivity contribution is -0.275. The monoisotopic (exact) mass is 283 g/mol. The van der Waals surface area contributed by atoms with E-state index in [-0.39, 0.29) is 6.61 Å². The second-order valence-electron chi connectivity index (χ2n) is 3.26. The van der Waals surface area contributed by atoms with Crippen molar-refractivity contribution in [3.8, 4) is 5.75 Å². The maximum absolute atomic E-state index is 12.6. The Bertz CT molecular complexity index is 523. The first-order chi connectivity index (χ1) is 8.78. The molecule has 0 radical (unpaired) electrons. The largest absolute Gasteiger partial charge is 0.573 e. The maximum Gasteiger partial charge on any atom is 0.573 e. The Hall–Kier alpha value is -2.06. The Morgan fingerprint density at radius 3 is 2.53 bits per heavy atom. The standard InChI is InChI=1S/C10H9F4NO4/c1-2-18-9(17)5-3-7(16)15-6(4-11)8(5)19-10(12,13)14/h3H,2,4H2,1H3,(H,15,16). The van der Waals surface area contributed by atoms with Crippen molar-refractivity contribution >= 4 is 5.97 Å². The van der Waals surface area contributed by atoms with Crippen molar-refractivity contribution in [1.29, 1.82) is 0 Å². The third kappa shape index (κ3) is 3.97. The van der Waals surface area contributed by atoms with Gasteiger partial charge in [0, 0.05) is 6.07 Å². The third-order valence-corrected chi connectivity index (χ3v) is 1.91. The molecule has 1 N–H and O–H groups in total. The van der Waals surface area contributed by atoms with Crippen LogP contribution in [0, 0.1) is 0 Å². The summed E-state index contributed by atoms with van der Waals surface area (Å²) in [5.41, 5.74) is -2.51. The minimum absolute atomic E-state index is 0.123. The quantitative estimate of drug-likeness (QED) is 0.677. The molecule has 0 saturated carbocycles. The maximum atomic E-state index is 12.6. The normalized spacial score (nSPS) is 11.2. The van der Waals surface area contributed by atoms with Crippen LogP contribution in [0.5, 0.6) is 5.75 Å². The summed E-state index contributed by atoms with van der Waals surface area (Å²) < 4.78 is 57.2. The average molecular weight is 283 g/mol. The van der Waals surface area contributed by atoms with Crippen LogP contribution in [0.1, 0.15) is 23.0 Å². The number of pyridine rings is 1. The number of halogens is 4. The minimum Gasteiger partial charge on any atom is -0.462 e. The summed E-state index contributed by atoms with van der Waals surface area (Å²) >= 11 is 0. The van der Waals surface area contributed by atoms with E-state index in [1.54, 1.807) is 0 Å². The lowest BCUT2D eigenvalue weighted by atomic mass is 10.2. The molecular formula is C10H9F4NO4. The highest BCUT2D eigenvalue weighted by molar-refractivity contribution is 5.92. The van der Waals surface area contributed by atoms with Gasteiger partial charge in [-0.15, -0.1) is 13.2 Å². The molecule has 1 aromatic rings. The zero-order chi connectivity index (χ0) is 14.6. The van der Waals surface area contributed by atoms with Crippen LogP contribution in [-0.4, -0.2) is 23.9 Å². The van der Waals surface area contributed by atoms with E-state index in [4.69, 9.17) is 0 Å². The van der Waals surface area contributed by atoms with Gasteiger partial charge in [-0.05, 0) is 6.92 Å². The van der Waals surface area contributed by atoms with Crippen LogP contribution in [0.15, 0.2) is 10.9 Å². The Morgan fingerprint density at radius 2 is 2.05 bits per heavy atom. The Balaban J connectivity index is 3.37. The molecule has 0 fully saturated rings. The number of esters is 1. The SMILES string of the molecule is CCOC(=O)c1cc(=O)[nH]c(CF)c1OC(F)(F)F. The number of hydrogen-bond acceptors (Lipinski definition) is 4. The molecular weight excluding hydrogens is 274 g/mol. The van der Waals surface area contributed by atoms with Crippen molar-refractivity contribution in [3.05, 3.63) is 27.7 Å². The van der Waals surface area contributed by atoms with Crippen molar-refractivity contribution in [2.24, 2.45) is 0 Å². The summed E-state index contributed by atoms with van der Waals surface area (Å²) in [5.74, 6) is -2.31. The zero-order valence-corrected chi connectivity index (χ0v) is 9.64. The minimum atomic E-state index is -5.14. The van der Waals surface area contributed by atoms with E-state index in [2.05, 4.69) is 9.47 Å². The van der Waals surface area contributed by atoms with Gasteiger partial charge in [-0.25, -0.2) is 9.18 Å². The highest BCUT2D eigenvalue weighted by Crippen LogP contribution is 2.29. The van der Waals surface area contributed by atoms with E-state index in [9.17, 15) is 27.2 Å². The van der Waals surface area contributed by atoms with Gasteiger partial charge < -0.3 is 14.5 Å². The van der Waals surface area contributed by atoms with Gasteiger partial charge >= 0.3 is 12.3 Å². The lowest BCUT2D eigenvalue weighted by Crippen LogP contribution is -2.23. The summed E-state index contributed by atoms with van der Waals surface area (Å²) in [6, 6.07) is 0.554. The van der Waals surface area contributed by atoms with Crippen molar-refractivity contribution in [2.45, 2.75) is 20.0 Å². The molecule has 0 aliphatic heterocycles. The Kier molecular flexibility index (Phi) is 4.52. The van der Waals surface area contributed by atoms with E-state index in [0.29, 0.717) is 6.07 Å². The smallest absolute Gasteiger partial charge is 0.462 e. The summed E-state index contributed by atoms with van der Waals surface area (Å²) in [7, 11) is 0. The molecule has 0 atom stereocenters. The summed E-state index contributed by atoms with van der Waals surface area (Å²) in [5, 5.41) is 0. The number of alkyl halides is 4. The van der Waals surface area contributed by atoms with Crippen LogP contribution < -0.4 is 10.3 Å². The van der Waals surface area contributed by atoms with Crippen molar-refractivity contribution < 1.29 is 31.8 Å². The second-order valence-corrected chi connectivity index (χ2v) is 3.26. The second kappa shape index (κ2) is 5.72. The number of rotatable bonds is 4. The molecule has 0 aliphatic rings. The number of ether oxygens (including phenoxy) is 2. The number of hydrogen-bond donors (Lipinski definition) is 1. The molecule has 5 nitrogen and oxygen atoms in total. The van der Waals surface area contributed by atoms with E-state index < -0.39 is 41.6 Å². The first-order valence-corrected chi connectivity index (χ1v) is 5.03. The molecule has 0 amide bonds. The van der Waals surface area contributed by atoms with Gasteiger partial charge in [0.25, 0.3) is 0 Å². The molecule has 0 aromatic carbocycles. The van der Waals surface area contributed by atoms with Crippen molar-refractivity contribution in [1.82, 2.24) is 4.98 Å². The van der Waals surface area contributed by atoms with Crippen molar-refractivity contribution in [3.63, 3.8) is 0 Å². The van der Waals surface area contributed by atoms with Crippen LogP contribution in [0.4, 0.5) is 17.6 Å². The number of carbonyl (C=O) groups excluding carboxylic acids is 1. The van der Waals surface area contributed by atoms with E-state index in [0.717, 1.165) is 0 Å². The fourth-order valence-corrected chi connectivity index (χ4v) is 1.29. The van der Waals surface area contributed by atoms with Gasteiger partial charge in [0.05, 0.1) is 12.3 Å². The van der Waals surface area contributed by atoms with E-state index in [1.807, 2.05) is 4.98 Å². The van der Waals surface area contributed by atoms with Crippen molar-refractivity contribution in [2.75, 3.05) is 6.61 Å². The number of aromatic amines is 1. The fraction of sp³-hybridized carbons (Fsp3) is 0.400. The molecule has 106 valence electrons. The molecule has 0 saturated heterocycles. The highest BCUT2D eigenvalue weighted by atomic mass is 19.4. The number of H-pyrrole nitrogens is 1. The van der Waals surface area contributed by atoms with Gasteiger partial charge in [-0.2, -0.15) is 0 Å². The van der Waals surface area contributed by atoms with Crippen LogP contribution in [0.3, 0.4) is 0 Å². The van der Waals surface area contributed by atoms with E-state index in [1.165, 1.54) is 6.92 Å². The number of aromatic nitrogens is 1. The Morgan fingerprint density at radius 1 is 1.42 bits per heavy atom. The molecule has 9 heteroatoms. The molecule has 0 aliphatic carbocycles. The molecule has 1 rings (SSSR count). The molecule has 0 unspecified atom stereocenters. The van der Waals surface area contributed by atoms with Crippen LogP contribution >= 0.6 is 0 Å². The molecule has 0 spiro atoms. The molecule has 19 heavy (non-hydrogen) atoms. The Labute approximate surface area is 104 Å². The first-order valence-electron chi connectivity index (χ1n) is 5.03. The first kappa shape index (κ1) is 15.0. The summed E-state index contributed by atoms with van der Waals surface area (Å²) in [6.07, 6.45) is -5.14. The van der Waals surface area contributed by atoms with Gasteiger partial charge in [-0.3, -0.25) is 4.79 Å². The van der Waals surface area contributed by atoms with E-state index >= 15 is 0 Å². The number of nitrogens with one attached hydrogen (secondary N) is 1. The van der Waals surface area contributed by atoms with Gasteiger partial charge in [0.15, 0.2) is 5.75 Å². The lowest BCUT2D eigenvalue weighted by Gasteiger charge is -2.14. The number of carbonyl (C=O) groups is 1. The van der Waals surface area contributed by atoms with Gasteiger partial charge in [-0.1, -0.05) is 0 Å². The molecule has 0 bridgehead atoms. The van der Waals surface area contributed by atoms with Crippen LogP contribution in [0.25, 0.3) is 0 Å². The predicted octanol–water partition coefficient (Wildman–Crippen LogP) is 1.92. The topological polar surface area (TPSA) is 68.4 Å². The summed E-state index contributed by atoms with van der Waals surface area (Å²) in [4.78, 5) is 24.4. The fourth-order valence-electron chi connectivity index (χ4n) is 1.29. The molecule has 1 heterocycles. The third-order valence-electron chi connectivity index (χ3n) is 1.91. The molecule has 1 aromatic heterocycles. The van der Waals surface area contributed by atoms with Gasteiger partial charge in [0.2, 0.25) is 5.56 Å².